The highest BCUT2D eigenvalue weighted by Crippen LogP contribution is 2.29. The molecule has 3 aromatic rings. The number of anilines is 1. The van der Waals surface area contributed by atoms with Crippen molar-refractivity contribution in [3.8, 4) is 5.75 Å². The first-order valence-corrected chi connectivity index (χ1v) is 10.6. The van der Waals surface area contributed by atoms with Crippen LogP contribution in [0.3, 0.4) is 0 Å². The molecular formula is C21H18Cl2N2O4S. The number of nitrogens with one attached hydrogen (secondary N) is 1. The zero-order chi connectivity index (χ0) is 21.7. The number of esters is 1. The standard InChI is InChI=1S/C21H18Cl2N2O4S/c1-12(20(26)25-18-5-3-4-17(22)19(18)23)29-21(27)14-6-8-16(9-7-14)28-10-15-11-30-13(2)24-15/h3-9,11-12H,10H2,1-2H3,(H,25,26). The predicted molar refractivity (Wildman–Crippen MR) is 118 cm³/mol. The summed E-state index contributed by atoms with van der Waals surface area (Å²) in [4.78, 5) is 29.0. The van der Waals surface area contributed by atoms with Gasteiger partial charge in [-0.05, 0) is 50.2 Å². The van der Waals surface area contributed by atoms with Crippen LogP contribution in [0.4, 0.5) is 5.69 Å². The van der Waals surface area contributed by atoms with Crippen LogP contribution in [0.25, 0.3) is 0 Å². The fourth-order valence-corrected chi connectivity index (χ4v) is 3.38. The SMILES string of the molecule is Cc1nc(COc2ccc(C(=O)OC(C)C(=O)Nc3cccc(Cl)c3Cl)cc2)cs1. The number of halogens is 2. The maximum Gasteiger partial charge on any atom is 0.338 e. The van der Waals surface area contributed by atoms with Gasteiger partial charge in [-0.3, -0.25) is 4.79 Å². The van der Waals surface area contributed by atoms with Crippen LogP contribution >= 0.6 is 34.5 Å². The van der Waals surface area contributed by atoms with Crippen LogP contribution < -0.4 is 10.1 Å². The van der Waals surface area contributed by atoms with Gasteiger partial charge in [0.05, 0.1) is 32.0 Å². The first kappa shape index (κ1) is 22.1. The minimum Gasteiger partial charge on any atom is -0.487 e. The Kier molecular flexibility index (Phi) is 7.31. The quantitative estimate of drug-likeness (QED) is 0.465. The molecule has 1 amide bonds. The van der Waals surface area contributed by atoms with E-state index in [1.54, 1.807) is 53.8 Å². The van der Waals surface area contributed by atoms with Crippen LogP contribution in [0.5, 0.6) is 5.75 Å². The number of hydrogen-bond acceptors (Lipinski definition) is 6. The molecular weight excluding hydrogens is 447 g/mol. The smallest absolute Gasteiger partial charge is 0.338 e. The molecule has 0 aliphatic carbocycles. The van der Waals surface area contributed by atoms with E-state index in [0.29, 0.717) is 28.6 Å². The summed E-state index contributed by atoms with van der Waals surface area (Å²) in [5.74, 6) is -0.555. The number of hydrogen-bond donors (Lipinski definition) is 1. The second-order valence-corrected chi connectivity index (χ2v) is 8.16. The van der Waals surface area contributed by atoms with Crippen LogP contribution in [0.2, 0.25) is 10.0 Å². The maximum atomic E-state index is 12.3. The van der Waals surface area contributed by atoms with Crippen LogP contribution in [-0.4, -0.2) is 23.0 Å². The van der Waals surface area contributed by atoms with Crippen molar-refractivity contribution in [1.82, 2.24) is 4.98 Å². The van der Waals surface area contributed by atoms with Gasteiger partial charge in [0.15, 0.2) is 6.10 Å². The molecule has 1 atom stereocenters. The molecule has 1 N–H and O–H groups in total. The van der Waals surface area contributed by atoms with Crippen molar-refractivity contribution in [2.24, 2.45) is 0 Å². The highest BCUT2D eigenvalue weighted by atomic mass is 35.5. The number of carbonyl (C=O) groups is 2. The Morgan fingerprint density at radius 2 is 1.90 bits per heavy atom. The van der Waals surface area contributed by atoms with E-state index in [-0.39, 0.29) is 5.02 Å². The molecule has 0 fully saturated rings. The largest absolute Gasteiger partial charge is 0.487 e. The fourth-order valence-electron chi connectivity index (χ4n) is 2.44. The van der Waals surface area contributed by atoms with E-state index in [4.69, 9.17) is 32.7 Å². The van der Waals surface area contributed by atoms with Gasteiger partial charge >= 0.3 is 5.97 Å². The summed E-state index contributed by atoms with van der Waals surface area (Å²) in [6.45, 7) is 3.75. The summed E-state index contributed by atoms with van der Waals surface area (Å²) in [5, 5.41) is 6.03. The summed E-state index contributed by atoms with van der Waals surface area (Å²) < 4.78 is 10.9. The van der Waals surface area contributed by atoms with E-state index in [1.165, 1.54) is 6.92 Å². The van der Waals surface area contributed by atoms with Gasteiger partial charge in [-0.2, -0.15) is 0 Å². The number of carbonyl (C=O) groups excluding carboxylic acids is 2. The first-order chi connectivity index (χ1) is 14.3. The molecule has 0 spiro atoms. The molecule has 0 saturated carbocycles. The molecule has 6 nitrogen and oxygen atoms in total. The number of aryl methyl sites for hydroxylation is 1. The summed E-state index contributed by atoms with van der Waals surface area (Å²) >= 11 is 13.5. The van der Waals surface area contributed by atoms with Gasteiger partial charge in [-0.1, -0.05) is 29.3 Å². The summed E-state index contributed by atoms with van der Waals surface area (Å²) in [6, 6.07) is 11.3. The lowest BCUT2D eigenvalue weighted by atomic mass is 10.2. The lowest BCUT2D eigenvalue weighted by molar-refractivity contribution is -0.123. The van der Waals surface area contributed by atoms with E-state index < -0.39 is 18.0 Å². The third-order valence-electron chi connectivity index (χ3n) is 4.01. The molecule has 1 unspecified atom stereocenters. The van der Waals surface area contributed by atoms with E-state index in [1.807, 2.05) is 12.3 Å². The predicted octanol–water partition coefficient (Wildman–Crippen LogP) is 5.52. The van der Waals surface area contributed by atoms with Gasteiger partial charge in [0.1, 0.15) is 12.4 Å². The third kappa shape index (κ3) is 5.72. The van der Waals surface area contributed by atoms with Crippen molar-refractivity contribution in [3.63, 3.8) is 0 Å². The minimum atomic E-state index is -1.03. The number of aromatic nitrogens is 1. The number of thiazole rings is 1. The molecule has 0 aliphatic rings. The Hall–Kier alpha value is -2.61. The van der Waals surface area contributed by atoms with Crippen molar-refractivity contribution >= 4 is 52.1 Å². The van der Waals surface area contributed by atoms with Gasteiger partial charge in [0.25, 0.3) is 5.91 Å². The number of nitrogens with zero attached hydrogens (tertiary/aromatic N) is 1. The molecule has 0 radical (unpaired) electrons. The van der Waals surface area contributed by atoms with E-state index in [9.17, 15) is 9.59 Å². The zero-order valence-corrected chi connectivity index (χ0v) is 18.5. The summed E-state index contributed by atoms with van der Waals surface area (Å²) in [5.41, 5.74) is 1.49. The number of ether oxygens (including phenoxy) is 2. The second kappa shape index (κ2) is 9.93. The molecule has 9 heteroatoms. The van der Waals surface area contributed by atoms with Crippen molar-refractivity contribution < 1.29 is 19.1 Å². The van der Waals surface area contributed by atoms with Crippen LogP contribution in [0.1, 0.15) is 28.0 Å². The second-order valence-electron chi connectivity index (χ2n) is 6.31. The third-order valence-corrected chi connectivity index (χ3v) is 5.65. The maximum absolute atomic E-state index is 12.3. The van der Waals surface area contributed by atoms with Gasteiger partial charge in [0.2, 0.25) is 0 Å². The monoisotopic (exact) mass is 464 g/mol. The van der Waals surface area contributed by atoms with Gasteiger partial charge in [0, 0.05) is 5.38 Å². The van der Waals surface area contributed by atoms with Crippen molar-refractivity contribution in [1.29, 1.82) is 0 Å². The molecule has 0 bridgehead atoms. The summed E-state index contributed by atoms with van der Waals surface area (Å²) in [7, 11) is 0. The topological polar surface area (TPSA) is 77.5 Å². The Labute approximate surface area is 187 Å². The van der Waals surface area contributed by atoms with Gasteiger partial charge in [-0.25, -0.2) is 9.78 Å². The molecule has 0 aliphatic heterocycles. The fraction of sp³-hybridized carbons (Fsp3) is 0.190. The van der Waals surface area contributed by atoms with Gasteiger partial charge in [-0.15, -0.1) is 11.3 Å². The lowest BCUT2D eigenvalue weighted by Gasteiger charge is -2.14. The molecule has 1 aromatic heterocycles. The minimum absolute atomic E-state index is 0.217. The van der Waals surface area contributed by atoms with Crippen LogP contribution in [0, 0.1) is 6.92 Å². The molecule has 1 heterocycles. The highest BCUT2D eigenvalue weighted by molar-refractivity contribution is 7.09. The lowest BCUT2D eigenvalue weighted by Crippen LogP contribution is -2.30. The van der Waals surface area contributed by atoms with Crippen molar-refractivity contribution in [3.05, 3.63) is 74.2 Å². The summed E-state index contributed by atoms with van der Waals surface area (Å²) in [6.07, 6.45) is -1.03. The number of rotatable bonds is 7. The molecule has 3 rings (SSSR count). The molecule has 2 aromatic carbocycles. The normalized spacial score (nSPS) is 11.6. The zero-order valence-electron chi connectivity index (χ0n) is 16.1. The van der Waals surface area contributed by atoms with Crippen LogP contribution in [0.15, 0.2) is 47.8 Å². The number of benzene rings is 2. The average molecular weight is 465 g/mol. The Bertz CT molecular complexity index is 1050. The molecule has 0 saturated heterocycles. The van der Waals surface area contributed by atoms with E-state index >= 15 is 0 Å². The Balaban J connectivity index is 1.54. The van der Waals surface area contributed by atoms with E-state index in [2.05, 4.69) is 10.3 Å². The van der Waals surface area contributed by atoms with E-state index in [0.717, 1.165) is 10.7 Å². The van der Waals surface area contributed by atoms with Gasteiger partial charge < -0.3 is 14.8 Å². The molecule has 156 valence electrons. The van der Waals surface area contributed by atoms with Crippen molar-refractivity contribution in [2.75, 3.05) is 5.32 Å². The van der Waals surface area contributed by atoms with Crippen molar-refractivity contribution in [2.45, 2.75) is 26.6 Å². The Morgan fingerprint density at radius 1 is 1.17 bits per heavy atom. The highest BCUT2D eigenvalue weighted by Gasteiger charge is 2.20. The number of amides is 1. The average Bonchev–Trinajstić information content (AvgIpc) is 3.15. The molecule has 30 heavy (non-hydrogen) atoms. The van der Waals surface area contributed by atoms with Crippen LogP contribution in [-0.2, 0) is 16.1 Å². The first-order valence-electron chi connectivity index (χ1n) is 8.93. The Morgan fingerprint density at radius 3 is 2.57 bits per heavy atom.